The van der Waals surface area contributed by atoms with E-state index >= 15 is 0 Å². The molecule has 0 aliphatic rings. The molecule has 22 heavy (non-hydrogen) atoms. The Morgan fingerprint density at radius 1 is 1.00 bits per heavy atom. The topological polar surface area (TPSA) is 58.2 Å². The average Bonchev–Trinajstić information content (AvgIpc) is 2.52. The molecular formula is C17H17ClN2O2. The van der Waals surface area contributed by atoms with Gasteiger partial charge < -0.3 is 10.6 Å². The quantitative estimate of drug-likeness (QED) is 0.852. The number of rotatable bonds is 4. The van der Waals surface area contributed by atoms with Gasteiger partial charge in [-0.3, -0.25) is 9.59 Å². The van der Waals surface area contributed by atoms with Gasteiger partial charge >= 0.3 is 11.8 Å². The Bertz CT molecular complexity index is 672. The molecule has 0 radical (unpaired) electrons. The second-order valence-electron chi connectivity index (χ2n) is 4.86. The molecule has 0 aromatic heterocycles. The Hall–Kier alpha value is -2.33. The summed E-state index contributed by atoms with van der Waals surface area (Å²) < 4.78 is 0. The lowest BCUT2D eigenvalue weighted by Gasteiger charge is -2.09. The lowest BCUT2D eigenvalue weighted by atomic mass is 10.1. The molecular weight excluding hydrogens is 300 g/mol. The van der Waals surface area contributed by atoms with Crippen molar-refractivity contribution in [3.05, 3.63) is 64.7 Å². The van der Waals surface area contributed by atoms with Crippen LogP contribution in [-0.2, 0) is 16.0 Å². The van der Waals surface area contributed by atoms with Gasteiger partial charge in [-0.1, -0.05) is 48.0 Å². The molecule has 0 saturated heterocycles. The molecule has 4 nitrogen and oxygen atoms in total. The molecule has 0 saturated carbocycles. The summed E-state index contributed by atoms with van der Waals surface area (Å²) in [7, 11) is 0. The van der Waals surface area contributed by atoms with Crippen LogP contribution in [0.25, 0.3) is 0 Å². The molecule has 0 aliphatic heterocycles. The lowest BCUT2D eigenvalue weighted by Crippen LogP contribution is -2.36. The van der Waals surface area contributed by atoms with E-state index in [1.54, 1.807) is 25.1 Å². The Morgan fingerprint density at radius 3 is 2.45 bits per heavy atom. The second-order valence-corrected chi connectivity index (χ2v) is 5.27. The average molecular weight is 317 g/mol. The number of carbonyl (C=O) groups excluding carboxylic acids is 2. The maximum absolute atomic E-state index is 11.9. The van der Waals surface area contributed by atoms with Gasteiger partial charge in [0.25, 0.3) is 0 Å². The molecule has 2 rings (SSSR count). The van der Waals surface area contributed by atoms with Crippen molar-refractivity contribution in [2.75, 3.05) is 11.9 Å². The minimum Gasteiger partial charge on any atom is -0.347 e. The molecule has 2 amide bonds. The predicted molar refractivity (Wildman–Crippen MR) is 88.0 cm³/mol. The first kappa shape index (κ1) is 16.0. The summed E-state index contributed by atoms with van der Waals surface area (Å²) in [5.41, 5.74) is 2.37. The number of hydrogen-bond donors (Lipinski definition) is 2. The van der Waals surface area contributed by atoms with Crippen LogP contribution in [0.2, 0.25) is 5.02 Å². The summed E-state index contributed by atoms with van der Waals surface area (Å²) in [5.74, 6) is -1.35. The van der Waals surface area contributed by atoms with Gasteiger partial charge in [0.1, 0.15) is 0 Å². The van der Waals surface area contributed by atoms with E-state index in [0.717, 1.165) is 11.1 Å². The van der Waals surface area contributed by atoms with Crippen molar-refractivity contribution in [1.29, 1.82) is 0 Å². The number of hydrogen-bond acceptors (Lipinski definition) is 2. The molecule has 0 bridgehead atoms. The normalized spacial score (nSPS) is 10.1. The third-order valence-corrected chi connectivity index (χ3v) is 3.67. The van der Waals surface area contributed by atoms with Crippen molar-refractivity contribution >= 4 is 29.1 Å². The smallest absolute Gasteiger partial charge is 0.313 e. The van der Waals surface area contributed by atoms with Crippen molar-refractivity contribution in [2.24, 2.45) is 0 Å². The standard InChI is InChI=1S/C17H17ClN2O2/c1-12-14(18)8-5-9-15(12)20-17(22)16(21)19-11-10-13-6-3-2-4-7-13/h2-9H,10-11H2,1H3,(H,19,21)(H,20,22). The third kappa shape index (κ3) is 4.33. The van der Waals surface area contributed by atoms with Crippen LogP contribution in [0.5, 0.6) is 0 Å². The highest BCUT2D eigenvalue weighted by Gasteiger charge is 2.14. The van der Waals surface area contributed by atoms with Crippen LogP contribution >= 0.6 is 11.6 Å². The summed E-state index contributed by atoms with van der Waals surface area (Å²) in [6.07, 6.45) is 0.677. The Morgan fingerprint density at radius 2 is 1.73 bits per heavy atom. The lowest BCUT2D eigenvalue weighted by molar-refractivity contribution is -0.136. The predicted octanol–water partition coefficient (Wildman–Crippen LogP) is 2.95. The zero-order valence-electron chi connectivity index (χ0n) is 12.2. The maximum Gasteiger partial charge on any atom is 0.313 e. The van der Waals surface area contributed by atoms with Gasteiger partial charge in [0, 0.05) is 17.3 Å². The van der Waals surface area contributed by atoms with E-state index < -0.39 is 11.8 Å². The highest BCUT2D eigenvalue weighted by Crippen LogP contribution is 2.22. The van der Waals surface area contributed by atoms with Crippen molar-refractivity contribution < 1.29 is 9.59 Å². The van der Waals surface area contributed by atoms with Gasteiger partial charge in [0.05, 0.1) is 0 Å². The largest absolute Gasteiger partial charge is 0.347 e. The minimum absolute atomic E-state index is 0.408. The first-order valence-electron chi connectivity index (χ1n) is 6.96. The highest BCUT2D eigenvalue weighted by atomic mass is 35.5. The number of benzene rings is 2. The first-order chi connectivity index (χ1) is 10.6. The van der Waals surface area contributed by atoms with Gasteiger partial charge in [-0.25, -0.2) is 0 Å². The van der Waals surface area contributed by atoms with E-state index in [0.29, 0.717) is 23.7 Å². The number of anilines is 1. The monoisotopic (exact) mass is 316 g/mol. The molecule has 5 heteroatoms. The van der Waals surface area contributed by atoms with E-state index in [2.05, 4.69) is 10.6 Å². The zero-order valence-corrected chi connectivity index (χ0v) is 13.0. The minimum atomic E-state index is -0.696. The zero-order chi connectivity index (χ0) is 15.9. The number of halogens is 1. The van der Waals surface area contributed by atoms with Gasteiger partial charge in [-0.15, -0.1) is 0 Å². The van der Waals surface area contributed by atoms with Crippen molar-refractivity contribution in [3.8, 4) is 0 Å². The van der Waals surface area contributed by atoms with E-state index in [-0.39, 0.29) is 0 Å². The molecule has 0 atom stereocenters. The van der Waals surface area contributed by atoms with E-state index in [9.17, 15) is 9.59 Å². The molecule has 0 heterocycles. The fourth-order valence-electron chi connectivity index (χ4n) is 1.97. The summed E-state index contributed by atoms with van der Waals surface area (Å²) >= 11 is 5.98. The summed E-state index contributed by atoms with van der Waals surface area (Å²) in [6.45, 7) is 2.19. The van der Waals surface area contributed by atoms with E-state index in [4.69, 9.17) is 11.6 Å². The van der Waals surface area contributed by atoms with Crippen LogP contribution in [-0.4, -0.2) is 18.4 Å². The second kappa shape index (κ2) is 7.61. The Kier molecular flexibility index (Phi) is 5.55. The first-order valence-corrected chi connectivity index (χ1v) is 7.34. The van der Waals surface area contributed by atoms with Crippen LogP contribution in [0.15, 0.2) is 48.5 Å². The molecule has 0 aliphatic carbocycles. The molecule has 0 fully saturated rings. The van der Waals surface area contributed by atoms with Gasteiger partial charge in [0.15, 0.2) is 0 Å². The van der Waals surface area contributed by atoms with Crippen LogP contribution in [0, 0.1) is 6.92 Å². The van der Waals surface area contributed by atoms with Gasteiger partial charge in [-0.2, -0.15) is 0 Å². The highest BCUT2D eigenvalue weighted by molar-refractivity contribution is 6.40. The van der Waals surface area contributed by atoms with Gasteiger partial charge in [0.2, 0.25) is 0 Å². The summed E-state index contributed by atoms with van der Waals surface area (Å²) in [4.78, 5) is 23.6. The van der Waals surface area contributed by atoms with Crippen LogP contribution in [0.1, 0.15) is 11.1 Å². The van der Waals surface area contributed by atoms with E-state index in [1.807, 2.05) is 30.3 Å². The molecule has 114 valence electrons. The van der Waals surface area contributed by atoms with Crippen molar-refractivity contribution in [3.63, 3.8) is 0 Å². The molecule has 2 aromatic rings. The van der Waals surface area contributed by atoms with E-state index in [1.165, 1.54) is 0 Å². The third-order valence-electron chi connectivity index (χ3n) is 3.26. The van der Waals surface area contributed by atoms with Crippen molar-refractivity contribution in [2.45, 2.75) is 13.3 Å². The molecule has 2 N–H and O–H groups in total. The Labute approximate surface area is 134 Å². The van der Waals surface area contributed by atoms with Crippen LogP contribution in [0.3, 0.4) is 0 Å². The summed E-state index contributed by atoms with van der Waals surface area (Å²) in [5, 5.41) is 5.71. The van der Waals surface area contributed by atoms with Crippen LogP contribution < -0.4 is 10.6 Å². The van der Waals surface area contributed by atoms with Crippen LogP contribution in [0.4, 0.5) is 5.69 Å². The summed E-state index contributed by atoms with van der Waals surface area (Å²) in [6, 6.07) is 14.9. The SMILES string of the molecule is Cc1c(Cl)cccc1NC(=O)C(=O)NCCc1ccccc1. The molecule has 2 aromatic carbocycles. The van der Waals surface area contributed by atoms with Gasteiger partial charge in [-0.05, 0) is 36.6 Å². The maximum atomic E-state index is 11.9. The Balaban J connectivity index is 1.85. The fourth-order valence-corrected chi connectivity index (χ4v) is 2.14. The number of nitrogens with one attached hydrogen (secondary N) is 2. The molecule has 0 unspecified atom stereocenters. The fraction of sp³-hybridized carbons (Fsp3) is 0.176. The van der Waals surface area contributed by atoms with Crippen molar-refractivity contribution in [1.82, 2.24) is 5.32 Å². The molecule has 0 spiro atoms. The number of amides is 2. The number of carbonyl (C=O) groups is 2.